The molecule has 6 nitrogen and oxygen atoms in total. The molecule has 3 aromatic carbocycles. The lowest BCUT2D eigenvalue weighted by Crippen LogP contribution is -2.43. The Morgan fingerprint density at radius 1 is 1.00 bits per heavy atom. The number of nitrogens with one attached hydrogen (secondary N) is 1. The van der Waals surface area contributed by atoms with Crippen molar-refractivity contribution in [3.8, 4) is 0 Å². The van der Waals surface area contributed by atoms with Gasteiger partial charge in [0.1, 0.15) is 11.2 Å². The maximum absolute atomic E-state index is 12.8. The molecule has 0 radical (unpaired) electrons. The van der Waals surface area contributed by atoms with E-state index in [1.165, 1.54) is 0 Å². The molecular formula is C25H22N2O4. The summed E-state index contributed by atoms with van der Waals surface area (Å²) in [6.07, 6.45) is 1.08. The molecule has 4 aromatic rings. The summed E-state index contributed by atoms with van der Waals surface area (Å²) in [4.78, 5) is 20.0. The quantitative estimate of drug-likeness (QED) is 0.362. The normalized spacial score (nSPS) is 17.7. The number of ether oxygens (including phenoxy) is 1. The highest BCUT2D eigenvalue weighted by Gasteiger charge is 2.36. The second kappa shape index (κ2) is 8.26. The Hall–Kier alpha value is -3.61. The predicted octanol–water partition coefficient (Wildman–Crippen LogP) is 4.81. The van der Waals surface area contributed by atoms with Gasteiger partial charge in [-0.05, 0) is 42.3 Å². The van der Waals surface area contributed by atoms with Crippen molar-refractivity contribution >= 4 is 33.9 Å². The Labute approximate surface area is 179 Å². The van der Waals surface area contributed by atoms with Crippen molar-refractivity contribution in [1.82, 2.24) is 10.4 Å². The lowest BCUT2D eigenvalue weighted by Gasteiger charge is -2.20. The number of amides is 1. The highest BCUT2D eigenvalue weighted by atomic mass is 16.7. The number of carbonyl (C=O) groups excluding carboxylic acids is 1. The molecule has 156 valence electrons. The highest BCUT2D eigenvalue weighted by molar-refractivity contribution is 6.06. The zero-order valence-electron chi connectivity index (χ0n) is 17.1. The van der Waals surface area contributed by atoms with Crippen molar-refractivity contribution in [1.29, 1.82) is 0 Å². The van der Waals surface area contributed by atoms with E-state index >= 15 is 0 Å². The van der Waals surface area contributed by atoms with E-state index in [1.54, 1.807) is 11.0 Å². The molecule has 0 spiro atoms. The minimum atomic E-state index is -0.675. The maximum Gasteiger partial charge on any atom is 0.293 e. The number of hydrogen-bond donors (Lipinski definition) is 1. The number of rotatable bonds is 6. The second-order valence-electron chi connectivity index (χ2n) is 7.32. The summed E-state index contributed by atoms with van der Waals surface area (Å²) in [7, 11) is 0. The summed E-state index contributed by atoms with van der Waals surface area (Å²) in [6.45, 7) is 2.77. The molecule has 1 N–H and O–H groups in total. The monoisotopic (exact) mass is 414 g/mol. The Kier molecular flexibility index (Phi) is 5.16. The van der Waals surface area contributed by atoms with Crippen LogP contribution in [-0.4, -0.2) is 23.7 Å². The number of carbonyl (C=O) groups is 1. The number of benzene rings is 3. The van der Waals surface area contributed by atoms with Crippen LogP contribution in [0.2, 0.25) is 0 Å². The number of para-hydroxylation sites is 1. The molecule has 5 rings (SSSR count). The van der Waals surface area contributed by atoms with E-state index in [0.29, 0.717) is 13.2 Å². The molecule has 1 saturated heterocycles. The van der Waals surface area contributed by atoms with E-state index < -0.39 is 6.35 Å². The van der Waals surface area contributed by atoms with Gasteiger partial charge in [-0.1, -0.05) is 54.6 Å². The minimum absolute atomic E-state index is 0.180. The first kappa shape index (κ1) is 19.4. The van der Waals surface area contributed by atoms with Crippen molar-refractivity contribution < 1.29 is 18.8 Å². The Bertz CT molecular complexity index is 1260. The Morgan fingerprint density at radius 2 is 1.77 bits per heavy atom. The van der Waals surface area contributed by atoms with Gasteiger partial charge in [0, 0.05) is 17.3 Å². The first-order valence-electron chi connectivity index (χ1n) is 10.2. The zero-order valence-corrected chi connectivity index (χ0v) is 17.1. The van der Waals surface area contributed by atoms with Crippen LogP contribution in [-0.2, 0) is 21.0 Å². The summed E-state index contributed by atoms with van der Waals surface area (Å²) in [5.41, 5.74) is 6.40. The van der Waals surface area contributed by atoms with E-state index in [0.717, 1.165) is 33.1 Å². The average molecular weight is 414 g/mol. The smallest absolute Gasteiger partial charge is 0.293 e. The van der Waals surface area contributed by atoms with Crippen LogP contribution in [0.3, 0.4) is 0 Å². The largest absolute Gasteiger partial charge is 0.456 e. The fraction of sp³-hybridized carbons (Fsp3) is 0.160. The molecule has 31 heavy (non-hydrogen) atoms. The van der Waals surface area contributed by atoms with Gasteiger partial charge < -0.3 is 9.15 Å². The van der Waals surface area contributed by atoms with Gasteiger partial charge in [0.2, 0.25) is 0 Å². The van der Waals surface area contributed by atoms with Crippen LogP contribution in [0.15, 0.2) is 83.0 Å². The topological polar surface area (TPSA) is 63.9 Å². The Morgan fingerprint density at radius 3 is 2.61 bits per heavy atom. The van der Waals surface area contributed by atoms with Crippen LogP contribution in [0.25, 0.3) is 28.0 Å². The molecule has 1 atom stereocenters. The third kappa shape index (κ3) is 3.79. The van der Waals surface area contributed by atoms with Crippen molar-refractivity contribution in [3.05, 3.63) is 89.7 Å². The number of likely N-dealkylation sites (N-methyl/N-ethyl adjacent to an activating group) is 1. The molecule has 2 heterocycles. The zero-order chi connectivity index (χ0) is 21.2. The first-order chi connectivity index (χ1) is 15.2. The number of hydrogen-bond acceptors (Lipinski definition) is 5. The molecular weight excluding hydrogens is 392 g/mol. The van der Waals surface area contributed by atoms with Gasteiger partial charge in [-0.15, -0.1) is 5.48 Å². The number of fused-ring (bicyclic) bond motifs is 3. The average Bonchev–Trinajstić information content (AvgIpc) is 3.31. The van der Waals surface area contributed by atoms with Gasteiger partial charge in [0.25, 0.3) is 12.3 Å². The van der Waals surface area contributed by atoms with E-state index in [9.17, 15) is 4.79 Å². The number of nitrogens with zero attached hydrogens (tertiary/aromatic N) is 1. The van der Waals surface area contributed by atoms with Gasteiger partial charge in [-0.25, -0.2) is 0 Å². The van der Waals surface area contributed by atoms with Gasteiger partial charge >= 0.3 is 0 Å². The van der Waals surface area contributed by atoms with E-state index in [2.05, 4.69) is 5.48 Å². The Balaban J connectivity index is 1.35. The molecule has 1 amide bonds. The molecule has 0 saturated carbocycles. The van der Waals surface area contributed by atoms with E-state index in [4.69, 9.17) is 14.0 Å². The van der Waals surface area contributed by atoms with Crippen LogP contribution in [0.1, 0.15) is 18.1 Å². The SMILES string of the molecule is CCN1C(=O)/C(=C\c2ccc3oc4ccccc4c3c2)OC1NOCc1ccccc1. The molecule has 1 fully saturated rings. The molecule has 0 aliphatic carbocycles. The summed E-state index contributed by atoms with van der Waals surface area (Å²) >= 11 is 0. The molecule has 1 aliphatic heterocycles. The maximum atomic E-state index is 12.8. The number of hydroxylamine groups is 1. The first-order valence-corrected chi connectivity index (χ1v) is 10.2. The van der Waals surface area contributed by atoms with Crippen LogP contribution >= 0.6 is 0 Å². The highest BCUT2D eigenvalue weighted by Crippen LogP contribution is 2.30. The lowest BCUT2D eigenvalue weighted by atomic mass is 10.1. The molecule has 1 aromatic heterocycles. The van der Waals surface area contributed by atoms with Crippen LogP contribution < -0.4 is 5.48 Å². The van der Waals surface area contributed by atoms with Crippen LogP contribution in [0.5, 0.6) is 0 Å². The molecule has 1 unspecified atom stereocenters. The van der Waals surface area contributed by atoms with Gasteiger partial charge in [-0.2, -0.15) is 0 Å². The summed E-state index contributed by atoms with van der Waals surface area (Å²) in [5.74, 6) is 0.0928. The molecule has 1 aliphatic rings. The van der Waals surface area contributed by atoms with Crippen molar-refractivity contribution in [2.45, 2.75) is 19.9 Å². The second-order valence-corrected chi connectivity index (χ2v) is 7.32. The molecule has 0 bridgehead atoms. The van der Waals surface area contributed by atoms with Crippen molar-refractivity contribution in [2.75, 3.05) is 6.54 Å². The van der Waals surface area contributed by atoms with Crippen LogP contribution in [0, 0.1) is 0 Å². The van der Waals surface area contributed by atoms with Crippen molar-refractivity contribution in [2.24, 2.45) is 0 Å². The number of furan rings is 1. The minimum Gasteiger partial charge on any atom is -0.456 e. The summed E-state index contributed by atoms with van der Waals surface area (Å²) in [6, 6.07) is 23.5. The predicted molar refractivity (Wildman–Crippen MR) is 118 cm³/mol. The van der Waals surface area contributed by atoms with Gasteiger partial charge in [-0.3, -0.25) is 14.5 Å². The summed E-state index contributed by atoms with van der Waals surface area (Å²) in [5, 5.41) is 2.05. The fourth-order valence-electron chi connectivity index (χ4n) is 3.73. The third-order valence-electron chi connectivity index (χ3n) is 5.30. The van der Waals surface area contributed by atoms with Gasteiger partial charge in [0.15, 0.2) is 5.76 Å². The van der Waals surface area contributed by atoms with Crippen LogP contribution in [0.4, 0.5) is 0 Å². The standard InChI is InChI=1S/C25H22N2O4/c1-2-27-24(28)23(31-25(27)26-29-16-17-8-4-3-5-9-17)15-18-12-13-22-20(14-18)19-10-6-7-11-21(19)30-22/h3-15,25-26H,2,16H2,1H3/b23-15+. The van der Waals surface area contributed by atoms with Crippen molar-refractivity contribution in [3.63, 3.8) is 0 Å². The fourth-order valence-corrected chi connectivity index (χ4v) is 3.73. The molecule has 6 heteroatoms. The lowest BCUT2D eigenvalue weighted by molar-refractivity contribution is -0.137. The van der Waals surface area contributed by atoms with E-state index in [1.807, 2.05) is 79.7 Å². The summed E-state index contributed by atoms with van der Waals surface area (Å²) < 4.78 is 11.8. The van der Waals surface area contributed by atoms with E-state index in [-0.39, 0.29) is 11.7 Å². The van der Waals surface area contributed by atoms with Gasteiger partial charge in [0.05, 0.1) is 6.61 Å². The third-order valence-corrected chi connectivity index (χ3v) is 5.30.